The van der Waals surface area contributed by atoms with E-state index in [1.165, 1.54) is 283 Å². The highest BCUT2D eigenvalue weighted by Gasteiger charge is 2.26. The topological polar surface area (TPSA) is 0 Å². The molecule has 0 N–H and O–H groups in total. The van der Waals surface area contributed by atoms with Crippen molar-refractivity contribution in [1.29, 1.82) is 0 Å². The first kappa shape index (κ1) is 84.6. The summed E-state index contributed by atoms with van der Waals surface area (Å²) in [5.41, 5.74) is 20.5. The lowest BCUT2D eigenvalue weighted by molar-refractivity contribution is 1.66. The van der Waals surface area contributed by atoms with Crippen LogP contribution in [0.2, 0.25) is 0 Å². The van der Waals surface area contributed by atoms with Crippen molar-refractivity contribution in [2.24, 2.45) is 0 Å². The van der Waals surface area contributed by atoms with E-state index in [9.17, 15) is 0 Å². The van der Waals surface area contributed by atoms with Gasteiger partial charge in [-0.05, 0) is 301 Å². The second-order valence-corrected chi connectivity index (χ2v) is 37.9. The molecule has 0 aliphatic rings. The van der Waals surface area contributed by atoms with Gasteiger partial charge in [0, 0.05) is 0 Å². The van der Waals surface area contributed by atoms with Gasteiger partial charge in [-0.3, -0.25) is 0 Å². The van der Waals surface area contributed by atoms with Crippen LogP contribution in [0, 0.1) is 0 Å². The molecule has 0 saturated carbocycles. The van der Waals surface area contributed by atoms with Crippen LogP contribution in [0.1, 0.15) is 0 Å². The van der Waals surface area contributed by atoms with Crippen LogP contribution < -0.4 is 0 Å². The molecule has 0 fully saturated rings. The second kappa shape index (κ2) is 35.9. The minimum absolute atomic E-state index is 1.25. The van der Waals surface area contributed by atoms with Gasteiger partial charge in [-0.15, -0.1) is 0 Å². The molecule has 0 atom stereocenters. The van der Waals surface area contributed by atoms with Crippen LogP contribution in [0.3, 0.4) is 0 Å². The minimum Gasteiger partial charge on any atom is -0.0622 e. The van der Waals surface area contributed by atoms with Crippen LogP contribution in [-0.2, 0) is 0 Å². The molecule has 0 heterocycles. The van der Waals surface area contributed by atoms with Crippen LogP contribution in [0.15, 0.2) is 558 Å². The first-order valence-corrected chi connectivity index (χ1v) is 50.0. The van der Waals surface area contributed by atoms with Gasteiger partial charge in [0.1, 0.15) is 0 Å². The molecule has 0 amide bonds. The van der Waals surface area contributed by atoms with Crippen LogP contribution in [0.25, 0.3) is 283 Å². The normalized spacial score (nSPS) is 11.6. The van der Waals surface area contributed by atoms with Crippen molar-refractivity contribution in [2.75, 3.05) is 0 Å². The molecule has 144 heavy (non-hydrogen) atoms. The highest BCUT2D eigenvalue weighted by molar-refractivity contribution is 6.36. The second-order valence-electron chi connectivity index (χ2n) is 37.9. The Labute approximate surface area is 834 Å². The number of hydrogen-bond donors (Lipinski definition) is 0. The average molecular weight is 1820 g/mol. The van der Waals surface area contributed by atoms with E-state index in [1.807, 2.05) is 0 Å². The molecule has 0 aliphatic carbocycles. The zero-order valence-electron chi connectivity index (χ0n) is 79.1. The molecular formula is C144H92. The summed E-state index contributed by atoms with van der Waals surface area (Å²) in [6.07, 6.45) is 0. The summed E-state index contributed by atoms with van der Waals surface area (Å²) in [7, 11) is 0. The Balaban J connectivity index is 0.0000000960. The van der Waals surface area contributed by atoms with Crippen LogP contribution >= 0.6 is 0 Å². The monoisotopic (exact) mass is 1820 g/mol. The Morgan fingerprint density at radius 1 is 0.0764 bits per heavy atom. The van der Waals surface area contributed by atoms with Crippen LogP contribution in [0.5, 0.6) is 0 Å². The molecule has 0 spiro atoms. The Bertz CT molecular complexity index is 10100. The number of fused-ring (bicyclic) bond motifs is 25. The van der Waals surface area contributed by atoms with Crippen molar-refractivity contribution >= 4 is 194 Å². The Morgan fingerprint density at radius 3 is 0.653 bits per heavy atom. The quantitative estimate of drug-likeness (QED) is 0.105. The van der Waals surface area contributed by atoms with Crippen molar-refractivity contribution < 1.29 is 0 Å². The van der Waals surface area contributed by atoms with E-state index in [-0.39, 0.29) is 0 Å². The summed E-state index contributed by atoms with van der Waals surface area (Å²) in [5, 5.41) is 46.6. The fourth-order valence-electron chi connectivity index (χ4n) is 23.9. The fraction of sp³-hybridized carbons (Fsp3) is 0. The average Bonchev–Trinajstić information content (AvgIpc) is 0.691. The SMILES string of the molecule is c1ccc(-c2c3ccccc3c(-c3cc4c5ccccc5c5ccccc5c4c4ccccc34)c3ccccc23)cc1.c1ccc(-c2c3ccccc3c(-c3ccc4c(ccc5ccccc54)c3)c3ccccc23)cc1.c1ccc(-c2c3ccccc3c(-c3ccc4ccc5ccccc5c4c3)c3ccccc23)cc1.c1ccc(-c2c3ccccc3c(-c3cccc4c3ccc3ccccc34)c3ccccc23)cc1. The maximum Gasteiger partial charge on any atom is -0.00199 e. The lowest BCUT2D eigenvalue weighted by atomic mass is 9.82. The van der Waals surface area contributed by atoms with Crippen molar-refractivity contribution in [3.05, 3.63) is 558 Å². The molecule has 0 saturated heterocycles. The highest BCUT2D eigenvalue weighted by Crippen LogP contribution is 2.53. The van der Waals surface area contributed by atoms with E-state index in [0.717, 1.165) is 0 Å². The molecule has 0 aliphatic heterocycles. The van der Waals surface area contributed by atoms with E-state index < -0.39 is 0 Å². The summed E-state index contributed by atoms with van der Waals surface area (Å²) in [6, 6.07) is 204. The van der Waals surface area contributed by atoms with Crippen molar-refractivity contribution in [3.8, 4) is 89.0 Å². The van der Waals surface area contributed by atoms with Gasteiger partial charge >= 0.3 is 0 Å². The molecule has 30 aromatic carbocycles. The largest absolute Gasteiger partial charge is 0.0622 e. The van der Waals surface area contributed by atoms with Crippen molar-refractivity contribution in [1.82, 2.24) is 0 Å². The van der Waals surface area contributed by atoms with Crippen molar-refractivity contribution in [2.45, 2.75) is 0 Å². The molecule has 0 nitrogen and oxygen atoms in total. The Kier molecular flexibility index (Phi) is 21.1. The van der Waals surface area contributed by atoms with Gasteiger partial charge in [0.15, 0.2) is 0 Å². The molecule has 0 unspecified atom stereocenters. The third-order valence-corrected chi connectivity index (χ3v) is 30.1. The van der Waals surface area contributed by atoms with E-state index in [0.29, 0.717) is 0 Å². The number of benzene rings is 30. The summed E-state index contributed by atoms with van der Waals surface area (Å²) in [4.78, 5) is 0. The Morgan fingerprint density at radius 2 is 0.278 bits per heavy atom. The zero-order chi connectivity index (χ0) is 95.1. The zero-order valence-corrected chi connectivity index (χ0v) is 79.1. The standard InChI is InChI=1S/C42H26.3C34H22/c1-2-14-27(15-3-1)40-34-22-10-12-24-36(34)42(37-25-13-11-23-35(37)40)39-26-38-30-18-5-4-16-28(30)29-17-6-8-20-32(29)41(38)33-21-9-7-19-31(33)39;1-2-12-24(13-3-1)33-29-15-6-8-17-31(29)34(32-18-9-7-16-30(32)33)28-20-10-19-26-25-14-5-4-11-23(25)21-22-27(26)28;1-2-11-25(12-3-1)33-28-14-6-8-16-30(28)34(31-17-9-7-15-29(31)33)26-21-20-24-19-18-23-10-4-5-13-27(23)32(24)22-26;1-2-11-24(12-3-1)33-29-14-6-8-16-31(29)34(32-17-9-7-15-30(32)33)26-20-21-28-25(22-26)19-18-23-10-4-5-13-27(23)28/h1-26H;3*1-22H. The van der Waals surface area contributed by atoms with Gasteiger partial charge in [0.05, 0.1) is 0 Å². The summed E-state index contributed by atoms with van der Waals surface area (Å²) < 4.78 is 0. The fourth-order valence-corrected chi connectivity index (χ4v) is 23.9. The Hall–Kier alpha value is -18.7. The molecule has 0 aromatic heterocycles. The van der Waals surface area contributed by atoms with Crippen LogP contribution in [-0.4, -0.2) is 0 Å². The summed E-state index contributed by atoms with van der Waals surface area (Å²) in [5.74, 6) is 0. The third kappa shape index (κ3) is 14.4. The van der Waals surface area contributed by atoms with Gasteiger partial charge in [-0.2, -0.15) is 0 Å². The van der Waals surface area contributed by atoms with E-state index in [2.05, 4.69) is 558 Å². The van der Waals surface area contributed by atoms with Crippen molar-refractivity contribution in [3.63, 3.8) is 0 Å². The van der Waals surface area contributed by atoms with E-state index in [1.54, 1.807) is 0 Å². The predicted molar refractivity (Wildman–Crippen MR) is 624 cm³/mol. The highest BCUT2D eigenvalue weighted by atomic mass is 14.3. The smallest absolute Gasteiger partial charge is 0.00199 e. The van der Waals surface area contributed by atoms with E-state index in [4.69, 9.17) is 0 Å². The van der Waals surface area contributed by atoms with Gasteiger partial charge in [0.2, 0.25) is 0 Å². The molecule has 0 radical (unpaired) electrons. The third-order valence-electron chi connectivity index (χ3n) is 30.1. The maximum absolute atomic E-state index is 2.48. The minimum atomic E-state index is 1.25. The van der Waals surface area contributed by atoms with Gasteiger partial charge in [-0.25, -0.2) is 0 Å². The maximum atomic E-state index is 2.48. The summed E-state index contributed by atoms with van der Waals surface area (Å²) in [6.45, 7) is 0. The lowest BCUT2D eigenvalue weighted by Crippen LogP contribution is -1.93. The predicted octanol–water partition coefficient (Wildman–Crippen LogP) is 40.8. The van der Waals surface area contributed by atoms with Gasteiger partial charge in [-0.1, -0.05) is 540 Å². The first-order chi connectivity index (χ1) is 71.5. The molecule has 0 bridgehead atoms. The molecule has 30 rings (SSSR count). The molecule has 0 heteroatoms. The van der Waals surface area contributed by atoms with E-state index >= 15 is 0 Å². The lowest BCUT2D eigenvalue weighted by Gasteiger charge is -2.20. The summed E-state index contributed by atoms with van der Waals surface area (Å²) >= 11 is 0. The molecule has 30 aromatic rings. The number of rotatable bonds is 8. The van der Waals surface area contributed by atoms with Gasteiger partial charge < -0.3 is 0 Å². The first-order valence-electron chi connectivity index (χ1n) is 50.0. The number of hydrogen-bond acceptors (Lipinski definition) is 0. The molecule has 668 valence electrons. The van der Waals surface area contributed by atoms with Crippen LogP contribution in [0.4, 0.5) is 0 Å². The van der Waals surface area contributed by atoms with Gasteiger partial charge in [0.25, 0.3) is 0 Å². The molecular weight excluding hydrogens is 1730 g/mol.